The predicted molar refractivity (Wildman–Crippen MR) is 108 cm³/mol. The summed E-state index contributed by atoms with van der Waals surface area (Å²) in [5.74, 6) is 1.44. The molecule has 0 aliphatic carbocycles. The smallest absolute Gasteiger partial charge is 0.145 e. The molecule has 0 bridgehead atoms. The Bertz CT molecular complexity index is 933. The summed E-state index contributed by atoms with van der Waals surface area (Å²) in [5.41, 5.74) is 10.4. The van der Waals surface area contributed by atoms with Gasteiger partial charge in [-0.3, -0.25) is 0 Å². The molecule has 2 N–H and O–H groups in total. The van der Waals surface area contributed by atoms with Gasteiger partial charge in [0.2, 0.25) is 0 Å². The number of ether oxygens (including phenoxy) is 2. The van der Waals surface area contributed by atoms with Crippen LogP contribution in [0.15, 0.2) is 60.8 Å². The van der Waals surface area contributed by atoms with Gasteiger partial charge >= 0.3 is 0 Å². The van der Waals surface area contributed by atoms with Crippen LogP contribution in [0.5, 0.6) is 5.75 Å². The Hall–Kier alpha value is -2.76. The third-order valence-electron chi connectivity index (χ3n) is 5.23. The van der Waals surface area contributed by atoms with Gasteiger partial charge in [-0.2, -0.15) is 0 Å². The molecule has 0 spiro atoms. The van der Waals surface area contributed by atoms with Crippen molar-refractivity contribution in [2.24, 2.45) is 5.73 Å². The third kappa shape index (κ3) is 3.63. The Labute approximate surface area is 165 Å². The van der Waals surface area contributed by atoms with Gasteiger partial charge < -0.3 is 15.2 Å². The molecular formula is C23H25N3O2. The predicted octanol–water partition coefficient (Wildman–Crippen LogP) is 3.70. The highest BCUT2D eigenvalue weighted by Gasteiger charge is 2.41. The number of benzene rings is 2. The van der Waals surface area contributed by atoms with E-state index in [2.05, 4.69) is 53.3 Å². The Morgan fingerprint density at radius 1 is 1.04 bits per heavy atom. The van der Waals surface area contributed by atoms with E-state index in [0.29, 0.717) is 25.6 Å². The van der Waals surface area contributed by atoms with E-state index in [9.17, 15) is 0 Å². The Kier molecular flexibility index (Phi) is 5.11. The highest BCUT2D eigenvalue weighted by atomic mass is 16.5. The maximum atomic E-state index is 5.91. The molecule has 144 valence electrons. The molecule has 5 heteroatoms. The van der Waals surface area contributed by atoms with Crippen LogP contribution in [-0.4, -0.2) is 23.2 Å². The molecule has 0 saturated carbocycles. The summed E-state index contributed by atoms with van der Waals surface area (Å²) in [6.45, 7) is 5.77. The lowest BCUT2D eigenvalue weighted by molar-refractivity contribution is -0.0380. The van der Waals surface area contributed by atoms with Gasteiger partial charge in [0.05, 0.1) is 30.4 Å². The number of hydrogen-bond donors (Lipinski definition) is 1. The van der Waals surface area contributed by atoms with Gasteiger partial charge in [-0.15, -0.1) is 0 Å². The molecule has 4 rings (SSSR count). The molecule has 1 aliphatic heterocycles. The maximum absolute atomic E-state index is 5.91. The van der Waals surface area contributed by atoms with Gasteiger partial charge in [-0.05, 0) is 43.2 Å². The van der Waals surface area contributed by atoms with Crippen LogP contribution < -0.4 is 10.5 Å². The van der Waals surface area contributed by atoms with Crippen molar-refractivity contribution in [2.45, 2.75) is 31.9 Å². The highest BCUT2D eigenvalue weighted by Crippen LogP contribution is 2.39. The second-order valence-corrected chi connectivity index (χ2v) is 7.45. The summed E-state index contributed by atoms with van der Waals surface area (Å²) in [6, 6.07) is 18.7. The maximum Gasteiger partial charge on any atom is 0.145 e. The zero-order valence-corrected chi connectivity index (χ0v) is 16.3. The van der Waals surface area contributed by atoms with Gasteiger partial charge in [0.15, 0.2) is 0 Å². The molecule has 0 radical (unpaired) electrons. The lowest BCUT2D eigenvalue weighted by atomic mass is 9.73. The van der Waals surface area contributed by atoms with Crippen LogP contribution in [-0.2, 0) is 16.8 Å². The van der Waals surface area contributed by atoms with Crippen molar-refractivity contribution in [1.82, 2.24) is 9.97 Å². The topological polar surface area (TPSA) is 70.3 Å². The zero-order valence-electron chi connectivity index (χ0n) is 16.3. The van der Waals surface area contributed by atoms with E-state index < -0.39 is 0 Å². The normalized spacial score (nSPS) is 16.2. The highest BCUT2D eigenvalue weighted by molar-refractivity contribution is 5.44. The van der Waals surface area contributed by atoms with Gasteiger partial charge in [-0.1, -0.05) is 42.0 Å². The average Bonchev–Trinajstić information content (AvgIpc) is 2.68. The van der Waals surface area contributed by atoms with Crippen LogP contribution in [0.2, 0.25) is 0 Å². The first-order chi connectivity index (χ1) is 13.6. The zero-order chi connectivity index (χ0) is 19.6. The first kappa shape index (κ1) is 18.6. The molecule has 28 heavy (non-hydrogen) atoms. The van der Waals surface area contributed by atoms with Crippen LogP contribution >= 0.6 is 0 Å². The number of hydrogen-bond acceptors (Lipinski definition) is 5. The van der Waals surface area contributed by atoms with Gasteiger partial charge in [0.1, 0.15) is 18.2 Å². The lowest BCUT2D eigenvalue weighted by Crippen LogP contribution is -2.47. The van der Waals surface area contributed by atoms with E-state index in [1.807, 2.05) is 25.1 Å². The van der Waals surface area contributed by atoms with Crippen LogP contribution in [0.3, 0.4) is 0 Å². The second-order valence-electron chi connectivity index (χ2n) is 7.45. The van der Waals surface area contributed by atoms with E-state index in [1.54, 1.807) is 6.20 Å². The van der Waals surface area contributed by atoms with Crippen LogP contribution in [0, 0.1) is 6.92 Å². The van der Waals surface area contributed by atoms with Crippen molar-refractivity contribution in [3.8, 4) is 5.75 Å². The molecule has 1 atom stereocenters. The van der Waals surface area contributed by atoms with Gasteiger partial charge in [-0.25, -0.2) is 9.97 Å². The molecule has 2 heterocycles. The van der Waals surface area contributed by atoms with E-state index in [1.165, 1.54) is 16.7 Å². The van der Waals surface area contributed by atoms with Crippen molar-refractivity contribution >= 4 is 0 Å². The summed E-state index contributed by atoms with van der Waals surface area (Å²) < 4.78 is 11.5. The van der Waals surface area contributed by atoms with Crippen molar-refractivity contribution in [3.05, 3.63) is 89.0 Å². The summed E-state index contributed by atoms with van der Waals surface area (Å²) in [7, 11) is 0. The van der Waals surface area contributed by atoms with E-state index >= 15 is 0 Å². The quantitative estimate of drug-likeness (QED) is 0.711. The minimum absolute atomic E-state index is 0.0644. The SMILES string of the molecule is Cc1ccc(C2(c3ccc(OCc4ccnc(C(C)N)n4)cc3)COC2)cc1. The minimum atomic E-state index is -0.193. The van der Waals surface area contributed by atoms with Crippen molar-refractivity contribution < 1.29 is 9.47 Å². The lowest BCUT2D eigenvalue weighted by Gasteiger charge is -2.42. The fourth-order valence-corrected chi connectivity index (χ4v) is 3.42. The van der Waals surface area contributed by atoms with Gasteiger partial charge in [0.25, 0.3) is 0 Å². The summed E-state index contributed by atoms with van der Waals surface area (Å²) in [5, 5.41) is 0. The first-order valence-electron chi connectivity index (χ1n) is 9.52. The third-order valence-corrected chi connectivity index (χ3v) is 5.23. The van der Waals surface area contributed by atoms with E-state index in [0.717, 1.165) is 11.4 Å². The molecular weight excluding hydrogens is 350 g/mol. The van der Waals surface area contributed by atoms with Crippen LogP contribution in [0.1, 0.15) is 41.2 Å². The monoisotopic (exact) mass is 375 g/mol. The van der Waals surface area contributed by atoms with E-state index in [4.69, 9.17) is 15.2 Å². The van der Waals surface area contributed by atoms with Crippen molar-refractivity contribution in [2.75, 3.05) is 13.2 Å². The molecule has 1 unspecified atom stereocenters. The minimum Gasteiger partial charge on any atom is -0.487 e. The molecule has 1 fully saturated rings. The second kappa shape index (κ2) is 7.70. The van der Waals surface area contributed by atoms with E-state index in [-0.39, 0.29) is 11.5 Å². The number of rotatable bonds is 6. The summed E-state index contributed by atoms with van der Waals surface area (Å²) in [4.78, 5) is 8.61. The van der Waals surface area contributed by atoms with Crippen molar-refractivity contribution in [3.63, 3.8) is 0 Å². The van der Waals surface area contributed by atoms with Crippen LogP contribution in [0.4, 0.5) is 0 Å². The molecule has 2 aromatic carbocycles. The number of nitrogens with two attached hydrogens (primary N) is 1. The largest absolute Gasteiger partial charge is 0.487 e. The Morgan fingerprint density at radius 3 is 2.25 bits per heavy atom. The molecule has 5 nitrogen and oxygen atoms in total. The van der Waals surface area contributed by atoms with Crippen molar-refractivity contribution in [1.29, 1.82) is 0 Å². The van der Waals surface area contributed by atoms with Crippen LogP contribution in [0.25, 0.3) is 0 Å². The standard InChI is InChI=1S/C23H25N3O2/c1-16-3-5-18(6-4-16)23(14-27-15-23)19-7-9-21(10-8-19)28-13-20-11-12-25-22(26-20)17(2)24/h3-12,17H,13-15,24H2,1-2H3. The number of aryl methyl sites for hydroxylation is 1. The molecule has 0 amide bonds. The number of nitrogens with zero attached hydrogens (tertiary/aromatic N) is 2. The first-order valence-corrected chi connectivity index (χ1v) is 9.52. The Morgan fingerprint density at radius 2 is 1.68 bits per heavy atom. The number of aromatic nitrogens is 2. The molecule has 3 aromatic rings. The summed E-state index contributed by atoms with van der Waals surface area (Å²) >= 11 is 0. The molecule has 1 aliphatic rings. The van der Waals surface area contributed by atoms with Gasteiger partial charge in [0, 0.05) is 6.20 Å². The average molecular weight is 375 g/mol. The fraction of sp³-hybridized carbons (Fsp3) is 0.304. The molecule has 1 aromatic heterocycles. The fourth-order valence-electron chi connectivity index (χ4n) is 3.42. The summed E-state index contributed by atoms with van der Waals surface area (Å²) in [6.07, 6.45) is 1.72. The Balaban J connectivity index is 1.48. The molecule has 1 saturated heterocycles.